The minimum absolute atomic E-state index is 0.0142. The molecule has 1 saturated carbocycles. The number of ether oxygens (including phenoxy) is 8. The molecule has 48 nitrogen and oxygen atoms in total. The average Bonchev–Trinajstić information content (AvgIpc) is 1.67. The van der Waals surface area contributed by atoms with Gasteiger partial charge in [0, 0.05) is 50.5 Å². The quantitative estimate of drug-likeness (QED) is 0.00577. The fraction of sp³-hybridized carbons (Fsp3) is 0.371. The second-order valence-electron chi connectivity index (χ2n) is 31.4. The Kier molecular flexibility index (Phi) is 41.6. The number of H-pyrrole nitrogens is 4. The van der Waals surface area contributed by atoms with Crippen molar-refractivity contribution in [2.24, 2.45) is 5.92 Å². The third-order valence-corrected chi connectivity index (χ3v) is 27.2. The molecular weight excluding hydrogens is 2000 g/mol. The molecule has 5 aromatic carbocycles. The van der Waals surface area contributed by atoms with Crippen LogP contribution >= 0.6 is 30.4 Å². The van der Waals surface area contributed by atoms with Crippen molar-refractivity contribution in [3.05, 3.63) is 234 Å². The van der Waals surface area contributed by atoms with Crippen LogP contribution in [0.2, 0.25) is 0 Å². The van der Waals surface area contributed by atoms with Crippen LogP contribution in [0, 0.1) is 29.2 Å². The van der Waals surface area contributed by atoms with Crippen LogP contribution in [0.5, 0.6) is 23.0 Å². The number of aromatic nitrogens is 16. The van der Waals surface area contributed by atoms with Gasteiger partial charge in [-0.25, -0.2) is 37.5 Å². The van der Waals surface area contributed by atoms with Crippen molar-refractivity contribution < 1.29 is 129 Å². The number of ketones is 4. The molecule has 4 atom stereocenters. The van der Waals surface area contributed by atoms with Gasteiger partial charge in [0.2, 0.25) is 23.8 Å². The Morgan fingerprint density at radius 1 is 0.407 bits per heavy atom. The Bertz CT molecular complexity index is 7130. The van der Waals surface area contributed by atoms with Crippen molar-refractivity contribution >= 4 is 122 Å². The summed E-state index contributed by atoms with van der Waals surface area (Å²) in [6.45, 7) is 3.33. The van der Waals surface area contributed by atoms with Gasteiger partial charge in [0.1, 0.15) is 51.8 Å². The van der Waals surface area contributed by atoms with E-state index in [1.165, 1.54) is 108 Å². The molecule has 1 aliphatic carbocycles. The predicted molar refractivity (Wildman–Crippen MR) is 516 cm³/mol. The number of halogens is 4. The van der Waals surface area contributed by atoms with E-state index < -0.39 is 127 Å². The number of nitrogens with two attached hydrogens (primary N) is 4. The smallest absolute Gasteiger partial charge is 0.356 e. The predicted octanol–water partition coefficient (Wildman–Crippen LogP) is 11.2. The van der Waals surface area contributed by atoms with E-state index in [2.05, 4.69) is 66.4 Å². The van der Waals surface area contributed by atoms with E-state index in [1.54, 1.807) is 79.8 Å². The van der Waals surface area contributed by atoms with Gasteiger partial charge in [-0.3, -0.25) is 94.6 Å². The highest BCUT2D eigenvalue weighted by Gasteiger charge is 2.34. The maximum atomic E-state index is 14.1. The van der Waals surface area contributed by atoms with Gasteiger partial charge in [-0.05, 0) is 83.6 Å². The number of methoxy groups -OCH3 is 4. The highest BCUT2D eigenvalue weighted by molar-refractivity contribution is 7.54. The summed E-state index contributed by atoms with van der Waals surface area (Å²) < 4.78 is 201. The summed E-state index contributed by atoms with van der Waals surface area (Å²) in [5, 5.41) is 0. The first-order chi connectivity index (χ1) is 69.5. The van der Waals surface area contributed by atoms with E-state index in [1.807, 2.05) is 0 Å². The fourth-order valence-corrected chi connectivity index (χ4v) is 18.5. The molecule has 0 spiro atoms. The van der Waals surface area contributed by atoms with Crippen molar-refractivity contribution in [1.29, 1.82) is 0 Å². The van der Waals surface area contributed by atoms with Gasteiger partial charge in [-0.2, -0.15) is 19.9 Å². The van der Waals surface area contributed by atoms with Crippen molar-refractivity contribution in [3.63, 3.8) is 0 Å². The first kappa shape index (κ1) is 112. The number of rotatable bonds is 53. The summed E-state index contributed by atoms with van der Waals surface area (Å²) in [5.41, 5.74) is 24.0. The van der Waals surface area contributed by atoms with E-state index >= 15 is 0 Å². The molecule has 4 unspecified atom stereocenters. The minimum Gasteiger partial charge on any atom is -0.494 e. The molecule has 0 bridgehead atoms. The largest absolute Gasteiger partial charge is 0.494 e. The molecule has 8 heterocycles. The molecule has 1 fully saturated rings. The Morgan fingerprint density at radius 3 is 0.979 bits per heavy atom. The molecule has 14 rings (SSSR count). The second-order valence-corrected chi connectivity index (χ2v) is 39.4. The number of carbonyl (C=O) groups excluding carboxylic acids is 4. The summed E-state index contributed by atoms with van der Waals surface area (Å²) >= 11 is 0. The van der Waals surface area contributed by atoms with Crippen LogP contribution in [0.25, 0.3) is 44.7 Å². The molecule has 0 aliphatic heterocycles. The molecule has 778 valence electrons. The number of fused-ring (bicyclic) bond motifs is 4. The van der Waals surface area contributed by atoms with Gasteiger partial charge in [0.15, 0.2) is 114 Å². The molecule has 1 aliphatic rings. The fourth-order valence-electron chi connectivity index (χ4n) is 13.5. The zero-order valence-electron chi connectivity index (χ0n) is 79.0. The molecule has 12 N–H and O–H groups in total. The molecular formula is C89H106F4N20O28P4. The minimum atomic E-state index is -3.98. The van der Waals surface area contributed by atoms with Crippen LogP contribution in [0.3, 0.4) is 0 Å². The lowest BCUT2D eigenvalue weighted by atomic mass is 9.86. The van der Waals surface area contributed by atoms with Crippen LogP contribution in [0.1, 0.15) is 84.5 Å². The number of carbonyl (C=O) groups is 4. The summed E-state index contributed by atoms with van der Waals surface area (Å²) in [5.74, 6) is -3.65. The molecule has 56 heteroatoms. The lowest BCUT2D eigenvalue weighted by Crippen LogP contribution is -2.22. The normalized spacial score (nSPS) is 13.8. The summed E-state index contributed by atoms with van der Waals surface area (Å²) in [4.78, 5) is 138. The van der Waals surface area contributed by atoms with Gasteiger partial charge in [0.05, 0.1) is 107 Å². The van der Waals surface area contributed by atoms with E-state index in [9.17, 15) is 74.2 Å². The first-order valence-electron chi connectivity index (χ1n) is 44.3. The van der Waals surface area contributed by atoms with Gasteiger partial charge in [-0.15, -0.1) is 6.58 Å². The van der Waals surface area contributed by atoms with Gasteiger partial charge in [-0.1, -0.05) is 86.9 Å². The van der Waals surface area contributed by atoms with Crippen molar-refractivity contribution in [3.8, 4) is 23.0 Å². The number of Topliss-reactive ketones (excluding diaryl/α,β-unsaturated/α-hetero) is 4. The summed E-state index contributed by atoms with van der Waals surface area (Å²) in [7, 11) is -10.3. The Morgan fingerprint density at radius 2 is 0.697 bits per heavy atom. The van der Waals surface area contributed by atoms with E-state index in [-0.39, 0.29) is 213 Å². The SMILES string of the molecule is C=CCC(=O)COP(=O)(COCCn1cnc2c(=O)[nH]c(N)nc21)OCc1ccc(OC)c(F)c1.CCC(=O)COP(=O)(COCCn1cnc2c(=O)[nH]c(N)nc21)OCc1ccc(OC)c(F)c1.COc1ccc(COP(=O)(COCCn2cnc3c(=O)[nH]c(N)nc32)OCC(=O)C2CCCCC2)cc1F.COc1ccc(COP(=O)(COCCn2cnc3c(=O)[nH]c(N)nc32)OCC(=O)c2ccccc2)cc1F. The maximum Gasteiger partial charge on any atom is 0.356 e. The topological polar surface area (TPSA) is 643 Å². The average molecular weight is 2100 g/mol. The highest BCUT2D eigenvalue weighted by Crippen LogP contribution is 2.53. The number of imidazole rings is 4. The Balaban J connectivity index is 0.000000184. The molecule has 0 amide bonds. The highest BCUT2D eigenvalue weighted by atomic mass is 31.2. The molecule has 8 aromatic heterocycles. The monoisotopic (exact) mass is 2100 g/mol. The second kappa shape index (κ2) is 53.9. The molecule has 13 aromatic rings. The number of nitrogen functional groups attached to an aromatic ring is 4. The number of hydrogen-bond acceptors (Lipinski definition) is 40. The summed E-state index contributed by atoms with van der Waals surface area (Å²) in [6.07, 6.45) is 10.0. The van der Waals surface area contributed by atoms with Crippen molar-refractivity contribution in [2.45, 2.75) is 104 Å². The number of benzene rings is 5. The van der Waals surface area contributed by atoms with Crippen LogP contribution in [0.15, 0.2) is 160 Å². The number of nitrogens with one attached hydrogen (secondary N) is 4. The number of hydrogen-bond donors (Lipinski definition) is 8. The number of anilines is 4. The zero-order valence-corrected chi connectivity index (χ0v) is 82.6. The van der Waals surface area contributed by atoms with Gasteiger partial charge in [0.25, 0.3) is 22.2 Å². The van der Waals surface area contributed by atoms with Crippen LogP contribution < -0.4 is 64.1 Å². The van der Waals surface area contributed by atoms with Gasteiger partial charge < -0.3 is 97.2 Å². The number of aromatic amines is 4. The molecule has 0 saturated heterocycles. The zero-order chi connectivity index (χ0) is 104. The van der Waals surface area contributed by atoms with Crippen LogP contribution in [-0.2, 0) is 140 Å². The van der Waals surface area contributed by atoms with E-state index in [0.29, 0.717) is 27.8 Å². The number of nitrogens with zero attached hydrogens (tertiary/aromatic N) is 12. The van der Waals surface area contributed by atoms with Crippen molar-refractivity contribution in [1.82, 2.24) is 78.1 Å². The molecule has 0 radical (unpaired) electrons. The third kappa shape index (κ3) is 33.0. The lowest BCUT2D eigenvalue weighted by Gasteiger charge is -2.22. The standard InChI is InChI=1S/C24H31FN5O7P.C24H25FN5O7P.C21H25FN5O7P.C20H25FN5O7P/c2*1-34-20-8-7-16(11-18(20)25)12-36-38(33,37-13-19(31)17-5-3-2-4-6-17)15-35-10-9-30-14-27-21-22(30)28-24(26)29-23(21)32;1-3-4-15(28)11-34-35(30,33-10-14-5-6-17(31-2)16(22)9-14)13-32-8-7-27-12-24-18-19(27)25-21(23)26-20(18)29;1-3-14(27)10-33-34(29,32-9-13-4-5-16(30-2)15(21)8-13)12-31-7-6-26-11-23-17-18(26)24-20(22)25-19(17)28/h7-8,11,14,17H,2-6,9-10,12-13,15H2,1H3,(H3,26,28,29,32);2-8,11,14H,9-10,12-13,15H2,1H3,(H3,26,28,29,32);3,5-6,9,12H,1,4,7-8,10-11,13H2,2H3,(H3,23,25,26,29);4-5,8,11H,3,6-7,9-10,12H2,1-2H3,(H3,22,24,25,28). The Hall–Kier alpha value is -13.5. The first-order valence-corrected chi connectivity index (χ1v) is 51.2. The maximum absolute atomic E-state index is 14.1. The van der Waals surface area contributed by atoms with Crippen molar-refractivity contribution in [2.75, 3.05) is 130 Å². The van der Waals surface area contributed by atoms with Crippen LogP contribution in [0.4, 0.5) is 41.4 Å². The summed E-state index contributed by atoms with van der Waals surface area (Å²) in [6, 6.07) is 25.0. The van der Waals surface area contributed by atoms with Crippen LogP contribution in [-0.4, -0.2) is 208 Å². The number of allylic oxidation sites excluding steroid dienone is 1. The Labute approximate surface area is 821 Å². The third-order valence-electron chi connectivity index (χ3n) is 21.0. The molecule has 145 heavy (non-hydrogen) atoms. The van der Waals surface area contributed by atoms with Gasteiger partial charge >= 0.3 is 30.4 Å². The lowest BCUT2D eigenvalue weighted by molar-refractivity contribution is -0.126. The van der Waals surface area contributed by atoms with E-state index in [0.717, 1.165) is 32.1 Å². The van der Waals surface area contributed by atoms with E-state index in [4.69, 9.17) is 97.0 Å².